The Bertz CT molecular complexity index is 1770. The number of nitrogens with zero attached hydrogens (tertiary/aromatic N) is 1. The number of nitrogens with one attached hydrogen (secondary N) is 3. The molecule has 0 spiro atoms. The minimum Gasteiger partial charge on any atom is -0.361 e. The van der Waals surface area contributed by atoms with Gasteiger partial charge in [-0.3, -0.25) is 4.98 Å². The van der Waals surface area contributed by atoms with Crippen LogP contribution < -0.4 is 10.0 Å². The molecule has 0 aliphatic heterocycles. The molecule has 2 aromatic heterocycles. The van der Waals surface area contributed by atoms with Crippen LogP contribution in [0.1, 0.15) is 17.3 Å². The fraction of sp³-hybridized carbons (Fsp3) is 0.0714. The molecule has 39 heavy (non-hydrogen) atoms. The zero-order chi connectivity index (χ0) is 27.6. The summed E-state index contributed by atoms with van der Waals surface area (Å²) in [7, 11) is -4.33. The van der Waals surface area contributed by atoms with Gasteiger partial charge in [-0.1, -0.05) is 48.0 Å². The van der Waals surface area contributed by atoms with Gasteiger partial charge in [0, 0.05) is 40.5 Å². The number of carbonyl (C=O) groups is 1. The number of hydrogen-bond acceptors (Lipinski definition) is 4. The Morgan fingerprint density at radius 3 is 2.44 bits per heavy atom. The van der Waals surface area contributed by atoms with Gasteiger partial charge >= 0.3 is 6.03 Å². The lowest BCUT2D eigenvalue weighted by Gasteiger charge is -2.21. The fourth-order valence-corrected chi connectivity index (χ4v) is 5.86. The van der Waals surface area contributed by atoms with Crippen LogP contribution in [-0.2, 0) is 16.4 Å². The van der Waals surface area contributed by atoms with Crippen LogP contribution in [0.5, 0.6) is 0 Å². The van der Waals surface area contributed by atoms with Crippen LogP contribution in [0.15, 0.2) is 96.2 Å². The molecule has 5 rings (SSSR count). The molecule has 7 nitrogen and oxygen atoms in total. The molecular formula is C28H21ClF2N4O3S. The van der Waals surface area contributed by atoms with E-state index in [4.69, 9.17) is 11.6 Å². The van der Waals surface area contributed by atoms with Crippen molar-refractivity contribution in [1.29, 1.82) is 0 Å². The van der Waals surface area contributed by atoms with Gasteiger partial charge in [-0.15, -0.1) is 0 Å². The number of sulfonamides is 1. The summed E-state index contributed by atoms with van der Waals surface area (Å²) in [5, 5.41) is 3.46. The van der Waals surface area contributed by atoms with E-state index in [0.29, 0.717) is 11.3 Å². The number of fused-ring (bicyclic) bond motifs is 1. The van der Waals surface area contributed by atoms with E-state index in [0.717, 1.165) is 34.7 Å². The molecule has 2 heterocycles. The van der Waals surface area contributed by atoms with E-state index >= 15 is 0 Å². The molecule has 0 aliphatic rings. The highest BCUT2D eigenvalue weighted by Crippen LogP contribution is 2.34. The summed E-state index contributed by atoms with van der Waals surface area (Å²) in [6, 6.07) is 17.8. The first kappa shape index (κ1) is 26.3. The molecule has 0 aliphatic carbocycles. The Hall–Kier alpha value is -4.28. The SMILES string of the molecule is O=C(N[C@H](Cc1cc(F)cc(F)c1)c1ncccc1-c1c[nH]c2ccccc12)NS(=O)(=O)c1ccccc1Cl. The van der Waals surface area contributed by atoms with Gasteiger partial charge in [0.05, 0.1) is 16.8 Å². The minimum atomic E-state index is -4.33. The number of rotatable bonds is 7. The first-order valence-corrected chi connectivity index (χ1v) is 13.6. The zero-order valence-corrected chi connectivity index (χ0v) is 21.7. The second kappa shape index (κ2) is 10.8. The first-order valence-electron chi connectivity index (χ1n) is 11.8. The Morgan fingerprint density at radius 1 is 0.949 bits per heavy atom. The lowest BCUT2D eigenvalue weighted by Crippen LogP contribution is -2.42. The van der Waals surface area contributed by atoms with E-state index in [-0.39, 0.29) is 21.9 Å². The van der Waals surface area contributed by atoms with E-state index < -0.39 is 33.7 Å². The molecule has 0 saturated heterocycles. The van der Waals surface area contributed by atoms with Crippen molar-refractivity contribution in [1.82, 2.24) is 20.0 Å². The first-order chi connectivity index (χ1) is 18.7. The third-order valence-electron chi connectivity index (χ3n) is 6.07. The Balaban J connectivity index is 1.54. The Morgan fingerprint density at radius 2 is 1.67 bits per heavy atom. The molecule has 0 radical (unpaired) electrons. The van der Waals surface area contributed by atoms with E-state index in [9.17, 15) is 22.0 Å². The van der Waals surface area contributed by atoms with E-state index in [1.54, 1.807) is 24.4 Å². The maximum absolute atomic E-state index is 14.0. The van der Waals surface area contributed by atoms with Crippen molar-refractivity contribution >= 4 is 38.6 Å². The number of urea groups is 1. The summed E-state index contributed by atoms with van der Waals surface area (Å²) in [5.41, 5.74) is 2.92. The van der Waals surface area contributed by atoms with Crippen LogP contribution in [0, 0.1) is 11.6 Å². The number of benzene rings is 3. The molecule has 11 heteroatoms. The summed E-state index contributed by atoms with van der Waals surface area (Å²) in [4.78, 5) is 20.4. The van der Waals surface area contributed by atoms with Gasteiger partial charge in [-0.2, -0.15) is 0 Å². The van der Waals surface area contributed by atoms with Crippen molar-refractivity contribution < 1.29 is 22.0 Å². The standard InChI is InChI=1S/C28H21ClF2N4O3S/c29-23-8-2-4-10-26(23)39(37,38)35-28(36)34-25(14-17-12-18(30)15-19(31)13-17)27-21(7-5-11-32-27)22-16-33-24-9-3-1-6-20(22)24/h1-13,15-16,25,33H,14H2,(H2,34,35,36)/t25-/m1/s1. The van der Waals surface area contributed by atoms with Crippen LogP contribution in [0.25, 0.3) is 22.0 Å². The lowest BCUT2D eigenvalue weighted by atomic mass is 9.95. The van der Waals surface area contributed by atoms with E-state index in [2.05, 4.69) is 15.3 Å². The summed E-state index contributed by atoms with van der Waals surface area (Å²) in [5.74, 6) is -1.57. The molecule has 2 amide bonds. The van der Waals surface area contributed by atoms with Gasteiger partial charge in [-0.25, -0.2) is 26.7 Å². The van der Waals surface area contributed by atoms with Crippen molar-refractivity contribution in [2.24, 2.45) is 0 Å². The average molecular weight is 567 g/mol. The van der Waals surface area contributed by atoms with E-state index in [1.165, 1.54) is 24.4 Å². The number of hydrogen-bond donors (Lipinski definition) is 3. The second-order valence-corrected chi connectivity index (χ2v) is 10.8. The maximum atomic E-state index is 14.0. The van der Waals surface area contributed by atoms with Crippen molar-refractivity contribution in [2.75, 3.05) is 0 Å². The molecule has 5 aromatic rings. The fourth-order valence-electron chi connectivity index (χ4n) is 4.43. The highest BCUT2D eigenvalue weighted by molar-refractivity contribution is 7.90. The molecule has 3 N–H and O–H groups in total. The summed E-state index contributed by atoms with van der Waals surface area (Å²) in [6.07, 6.45) is 3.24. The van der Waals surface area contributed by atoms with E-state index in [1.807, 2.05) is 29.0 Å². The van der Waals surface area contributed by atoms with Gasteiger partial charge in [0.2, 0.25) is 0 Å². The molecule has 1 atom stereocenters. The largest absolute Gasteiger partial charge is 0.361 e. The van der Waals surface area contributed by atoms with Crippen LogP contribution in [-0.4, -0.2) is 24.4 Å². The van der Waals surface area contributed by atoms with Crippen LogP contribution >= 0.6 is 11.6 Å². The number of carbonyl (C=O) groups excluding carboxylic acids is 1. The molecule has 0 bridgehead atoms. The number of pyridine rings is 1. The molecule has 3 aromatic carbocycles. The predicted octanol–water partition coefficient (Wildman–Crippen LogP) is 6.13. The van der Waals surface area contributed by atoms with Crippen LogP contribution in [0.2, 0.25) is 5.02 Å². The Labute approximate surface area is 227 Å². The quantitative estimate of drug-likeness (QED) is 0.220. The molecule has 0 unspecified atom stereocenters. The van der Waals surface area contributed by atoms with Gasteiger partial charge in [0.25, 0.3) is 10.0 Å². The number of para-hydroxylation sites is 1. The number of amides is 2. The molecule has 0 fully saturated rings. The van der Waals surface area contributed by atoms with Gasteiger partial charge in [0.1, 0.15) is 16.5 Å². The zero-order valence-electron chi connectivity index (χ0n) is 20.2. The average Bonchev–Trinajstić information content (AvgIpc) is 3.32. The topological polar surface area (TPSA) is 104 Å². The van der Waals surface area contributed by atoms with Crippen molar-refractivity contribution in [3.05, 3.63) is 119 Å². The monoisotopic (exact) mass is 566 g/mol. The van der Waals surface area contributed by atoms with Gasteiger partial charge < -0.3 is 10.3 Å². The smallest absolute Gasteiger partial charge is 0.329 e. The number of aromatic nitrogens is 2. The summed E-state index contributed by atoms with van der Waals surface area (Å²) >= 11 is 6.02. The maximum Gasteiger partial charge on any atom is 0.329 e. The lowest BCUT2D eigenvalue weighted by molar-refractivity contribution is 0.242. The number of halogens is 3. The summed E-state index contributed by atoms with van der Waals surface area (Å²) in [6.45, 7) is 0. The van der Waals surface area contributed by atoms with Crippen molar-refractivity contribution in [3.8, 4) is 11.1 Å². The van der Waals surface area contributed by atoms with Crippen molar-refractivity contribution in [2.45, 2.75) is 17.4 Å². The van der Waals surface area contributed by atoms with Crippen LogP contribution in [0.4, 0.5) is 13.6 Å². The summed E-state index contributed by atoms with van der Waals surface area (Å²) < 4.78 is 55.7. The highest BCUT2D eigenvalue weighted by Gasteiger charge is 2.26. The number of H-pyrrole nitrogens is 1. The van der Waals surface area contributed by atoms with Crippen LogP contribution in [0.3, 0.4) is 0 Å². The highest BCUT2D eigenvalue weighted by atomic mass is 35.5. The number of aromatic amines is 1. The second-order valence-electron chi connectivity index (χ2n) is 8.73. The predicted molar refractivity (Wildman–Crippen MR) is 145 cm³/mol. The molecular weight excluding hydrogens is 546 g/mol. The molecule has 0 saturated carbocycles. The Kier molecular flexibility index (Phi) is 7.32. The third-order valence-corrected chi connectivity index (χ3v) is 7.90. The van der Waals surface area contributed by atoms with Crippen molar-refractivity contribution in [3.63, 3.8) is 0 Å². The third kappa shape index (κ3) is 5.76. The molecule has 198 valence electrons. The minimum absolute atomic E-state index is 0.0593. The normalized spacial score (nSPS) is 12.3. The van der Waals surface area contributed by atoms with Gasteiger partial charge in [-0.05, 0) is 48.4 Å². The van der Waals surface area contributed by atoms with Gasteiger partial charge in [0.15, 0.2) is 0 Å².